The van der Waals surface area contributed by atoms with E-state index in [1.165, 1.54) is 17.0 Å². The fourth-order valence-electron chi connectivity index (χ4n) is 2.24. The highest BCUT2D eigenvalue weighted by Crippen LogP contribution is 2.21. The van der Waals surface area contributed by atoms with Crippen LogP contribution in [0.4, 0.5) is 14.9 Å². The van der Waals surface area contributed by atoms with Crippen LogP contribution in [0.5, 0.6) is 0 Å². The van der Waals surface area contributed by atoms with Gasteiger partial charge in [-0.3, -0.25) is 0 Å². The van der Waals surface area contributed by atoms with Gasteiger partial charge in [0.1, 0.15) is 11.9 Å². The number of rotatable bonds is 3. The lowest BCUT2D eigenvalue weighted by molar-refractivity contribution is -0.147. The van der Waals surface area contributed by atoms with Crippen LogP contribution in [-0.4, -0.2) is 36.1 Å². The standard InChI is InChI=1S/C14H17FN2O3/c1-2-20-13(18)12-8-5-9-17(12)14(19)16-11-7-4-3-6-10(11)15/h3-4,6-7,12H,2,5,8-9H2,1H3,(H,16,19). The Hall–Kier alpha value is -2.11. The van der Waals surface area contributed by atoms with Crippen molar-refractivity contribution in [1.82, 2.24) is 4.90 Å². The third-order valence-corrected chi connectivity index (χ3v) is 3.19. The quantitative estimate of drug-likeness (QED) is 0.865. The van der Waals surface area contributed by atoms with Crippen LogP contribution in [0.2, 0.25) is 0 Å². The topological polar surface area (TPSA) is 58.6 Å². The van der Waals surface area contributed by atoms with Crippen LogP contribution in [0.25, 0.3) is 0 Å². The van der Waals surface area contributed by atoms with Gasteiger partial charge in [0.15, 0.2) is 0 Å². The van der Waals surface area contributed by atoms with E-state index < -0.39 is 23.9 Å². The van der Waals surface area contributed by atoms with Crippen LogP contribution < -0.4 is 5.32 Å². The van der Waals surface area contributed by atoms with Gasteiger partial charge in [0, 0.05) is 6.54 Å². The number of urea groups is 1. The molecule has 0 spiro atoms. The molecule has 1 aromatic rings. The fourth-order valence-corrected chi connectivity index (χ4v) is 2.24. The SMILES string of the molecule is CCOC(=O)C1CCCN1C(=O)Nc1ccccc1F. The zero-order valence-electron chi connectivity index (χ0n) is 11.3. The average Bonchev–Trinajstić information content (AvgIpc) is 2.91. The third kappa shape index (κ3) is 3.07. The van der Waals surface area contributed by atoms with E-state index in [2.05, 4.69) is 5.32 Å². The van der Waals surface area contributed by atoms with Crippen molar-refractivity contribution < 1.29 is 18.7 Å². The number of halogens is 1. The first-order valence-corrected chi connectivity index (χ1v) is 6.62. The molecule has 1 heterocycles. The summed E-state index contributed by atoms with van der Waals surface area (Å²) in [6.07, 6.45) is 1.30. The molecule has 1 N–H and O–H groups in total. The number of amides is 2. The molecule has 1 unspecified atom stereocenters. The summed E-state index contributed by atoms with van der Waals surface area (Å²) in [4.78, 5) is 25.3. The Labute approximate surface area is 116 Å². The minimum atomic E-state index is -0.582. The lowest BCUT2D eigenvalue weighted by Crippen LogP contribution is -2.43. The van der Waals surface area contributed by atoms with E-state index in [-0.39, 0.29) is 12.3 Å². The van der Waals surface area contributed by atoms with E-state index in [9.17, 15) is 14.0 Å². The van der Waals surface area contributed by atoms with E-state index in [0.29, 0.717) is 13.0 Å². The van der Waals surface area contributed by atoms with Gasteiger partial charge in [-0.05, 0) is 31.9 Å². The van der Waals surface area contributed by atoms with E-state index >= 15 is 0 Å². The molecule has 1 saturated heterocycles. The van der Waals surface area contributed by atoms with Gasteiger partial charge in [0.05, 0.1) is 12.3 Å². The molecule has 1 aromatic carbocycles. The Morgan fingerprint density at radius 2 is 2.20 bits per heavy atom. The number of para-hydroxylation sites is 1. The summed E-state index contributed by atoms with van der Waals surface area (Å²) >= 11 is 0. The molecule has 0 radical (unpaired) electrons. The molecule has 0 bridgehead atoms. The number of nitrogens with one attached hydrogen (secondary N) is 1. The normalized spacial score (nSPS) is 17.9. The lowest BCUT2D eigenvalue weighted by atomic mass is 10.2. The molecule has 2 rings (SSSR count). The zero-order valence-corrected chi connectivity index (χ0v) is 11.3. The maximum atomic E-state index is 13.5. The van der Waals surface area contributed by atoms with E-state index in [0.717, 1.165) is 6.42 Å². The monoisotopic (exact) mass is 280 g/mol. The lowest BCUT2D eigenvalue weighted by Gasteiger charge is -2.23. The first-order valence-electron chi connectivity index (χ1n) is 6.62. The first kappa shape index (κ1) is 14.3. The third-order valence-electron chi connectivity index (χ3n) is 3.19. The zero-order chi connectivity index (χ0) is 14.5. The second kappa shape index (κ2) is 6.36. The van der Waals surface area contributed by atoms with Crippen molar-refractivity contribution in [1.29, 1.82) is 0 Å². The van der Waals surface area contributed by atoms with Crippen molar-refractivity contribution in [3.8, 4) is 0 Å². The van der Waals surface area contributed by atoms with Gasteiger partial charge in [-0.2, -0.15) is 0 Å². The smallest absolute Gasteiger partial charge is 0.328 e. The minimum absolute atomic E-state index is 0.104. The molecule has 5 nitrogen and oxygen atoms in total. The van der Waals surface area contributed by atoms with Gasteiger partial charge in [-0.1, -0.05) is 12.1 Å². The summed E-state index contributed by atoms with van der Waals surface area (Å²) in [5.74, 6) is -0.915. The Morgan fingerprint density at radius 1 is 1.45 bits per heavy atom. The summed E-state index contributed by atoms with van der Waals surface area (Å²) in [5, 5.41) is 2.48. The summed E-state index contributed by atoms with van der Waals surface area (Å²) in [6, 6.07) is 4.85. The van der Waals surface area contributed by atoms with Crippen LogP contribution in [-0.2, 0) is 9.53 Å². The van der Waals surface area contributed by atoms with Gasteiger partial charge in [-0.15, -0.1) is 0 Å². The van der Waals surface area contributed by atoms with Crippen molar-refractivity contribution >= 4 is 17.7 Å². The summed E-state index contributed by atoms with van der Waals surface area (Å²) in [5.41, 5.74) is 0.104. The van der Waals surface area contributed by atoms with E-state index in [1.54, 1.807) is 19.1 Å². The highest BCUT2D eigenvalue weighted by molar-refractivity contribution is 5.93. The van der Waals surface area contributed by atoms with Crippen molar-refractivity contribution in [3.05, 3.63) is 30.1 Å². The molecule has 1 fully saturated rings. The van der Waals surface area contributed by atoms with Crippen molar-refractivity contribution in [2.24, 2.45) is 0 Å². The maximum Gasteiger partial charge on any atom is 0.328 e. The van der Waals surface area contributed by atoms with Crippen LogP contribution in [0.3, 0.4) is 0 Å². The van der Waals surface area contributed by atoms with Crippen molar-refractivity contribution in [2.75, 3.05) is 18.5 Å². The number of hydrogen-bond donors (Lipinski definition) is 1. The molecule has 20 heavy (non-hydrogen) atoms. The van der Waals surface area contributed by atoms with Gasteiger partial charge in [-0.25, -0.2) is 14.0 Å². The molecule has 1 aliphatic rings. The summed E-state index contributed by atoms with van der Waals surface area (Å²) < 4.78 is 18.4. The predicted octanol–water partition coefficient (Wildman–Crippen LogP) is 2.39. The van der Waals surface area contributed by atoms with Crippen LogP contribution >= 0.6 is 0 Å². The number of anilines is 1. The number of carbonyl (C=O) groups is 2. The molecular formula is C14H17FN2O3. The predicted molar refractivity (Wildman–Crippen MR) is 71.8 cm³/mol. The number of hydrogen-bond acceptors (Lipinski definition) is 3. The average molecular weight is 280 g/mol. The Bertz CT molecular complexity index is 507. The number of nitrogens with zero attached hydrogens (tertiary/aromatic N) is 1. The van der Waals surface area contributed by atoms with E-state index in [1.807, 2.05) is 0 Å². The fraction of sp³-hybridized carbons (Fsp3) is 0.429. The van der Waals surface area contributed by atoms with Crippen molar-refractivity contribution in [2.45, 2.75) is 25.8 Å². The molecule has 0 aliphatic carbocycles. The molecule has 108 valence electrons. The number of likely N-dealkylation sites (tertiary alicyclic amines) is 1. The molecule has 2 amide bonds. The Balaban J connectivity index is 2.05. The number of carbonyl (C=O) groups excluding carboxylic acids is 2. The summed E-state index contributed by atoms with van der Waals surface area (Å²) in [6.45, 7) is 2.46. The minimum Gasteiger partial charge on any atom is -0.464 e. The molecular weight excluding hydrogens is 263 g/mol. The second-order valence-electron chi connectivity index (χ2n) is 4.51. The molecule has 1 aliphatic heterocycles. The number of esters is 1. The maximum absolute atomic E-state index is 13.5. The van der Waals surface area contributed by atoms with Gasteiger partial charge >= 0.3 is 12.0 Å². The van der Waals surface area contributed by atoms with Crippen molar-refractivity contribution in [3.63, 3.8) is 0 Å². The molecule has 0 aromatic heterocycles. The molecule has 1 atom stereocenters. The highest BCUT2D eigenvalue weighted by atomic mass is 19.1. The van der Waals surface area contributed by atoms with Gasteiger partial charge in [0.25, 0.3) is 0 Å². The molecule has 6 heteroatoms. The molecule has 0 saturated carbocycles. The van der Waals surface area contributed by atoms with Gasteiger partial charge in [0.2, 0.25) is 0 Å². The largest absolute Gasteiger partial charge is 0.464 e. The van der Waals surface area contributed by atoms with Crippen LogP contribution in [0.15, 0.2) is 24.3 Å². The van der Waals surface area contributed by atoms with Gasteiger partial charge < -0.3 is 15.0 Å². The van der Waals surface area contributed by atoms with Crippen LogP contribution in [0, 0.1) is 5.82 Å². The Kier molecular flexibility index (Phi) is 4.55. The second-order valence-corrected chi connectivity index (χ2v) is 4.51. The highest BCUT2D eigenvalue weighted by Gasteiger charge is 2.35. The number of benzene rings is 1. The van der Waals surface area contributed by atoms with Crippen LogP contribution in [0.1, 0.15) is 19.8 Å². The Morgan fingerprint density at radius 3 is 2.90 bits per heavy atom. The van der Waals surface area contributed by atoms with E-state index in [4.69, 9.17) is 4.74 Å². The number of ether oxygens (including phenoxy) is 1. The first-order chi connectivity index (χ1) is 9.63. The summed E-state index contributed by atoms with van der Waals surface area (Å²) in [7, 11) is 0.